The van der Waals surface area contributed by atoms with Crippen molar-refractivity contribution in [1.82, 2.24) is 15.1 Å². The van der Waals surface area contributed by atoms with E-state index in [1.807, 2.05) is 0 Å². The normalized spacial score (nSPS) is 26.9. The van der Waals surface area contributed by atoms with Crippen molar-refractivity contribution in [3.05, 3.63) is 0 Å². The van der Waals surface area contributed by atoms with Gasteiger partial charge >= 0.3 is 0 Å². The van der Waals surface area contributed by atoms with Crippen LogP contribution in [-0.2, 0) is 0 Å². The molecule has 0 amide bonds. The van der Waals surface area contributed by atoms with Gasteiger partial charge in [0.05, 0.1) is 12.5 Å². The van der Waals surface area contributed by atoms with Gasteiger partial charge in [0.2, 0.25) is 0 Å². The average molecular weight is 208 g/mol. The molecule has 0 saturated carbocycles. The molecule has 1 atom stereocenters. The second-order valence-corrected chi connectivity index (χ2v) is 4.60. The lowest BCUT2D eigenvalue weighted by Crippen LogP contribution is -2.62. The van der Waals surface area contributed by atoms with Gasteiger partial charge in [-0.15, -0.1) is 0 Å². The van der Waals surface area contributed by atoms with Crippen LogP contribution >= 0.6 is 0 Å². The number of nitrogens with one attached hydrogen (secondary N) is 1. The molecular formula is C11H20N4. The molecule has 0 bridgehead atoms. The highest BCUT2D eigenvalue weighted by atomic mass is 15.3. The smallest absolute Gasteiger partial charge is 0.0638 e. The maximum Gasteiger partial charge on any atom is 0.0638 e. The van der Waals surface area contributed by atoms with E-state index >= 15 is 0 Å². The van der Waals surface area contributed by atoms with Crippen molar-refractivity contribution in [2.45, 2.75) is 25.4 Å². The Kier molecular flexibility index (Phi) is 3.57. The standard InChI is InChI=1S/C11H20N4/c1-10(2-3-12)14-4-6-15(7-5-14)11-8-13-9-11/h10-11,13H,2,4-9H2,1H3. The molecule has 1 N–H and O–H groups in total. The van der Waals surface area contributed by atoms with Crippen LogP contribution in [0, 0.1) is 11.3 Å². The van der Waals surface area contributed by atoms with Crippen molar-refractivity contribution in [3.8, 4) is 6.07 Å². The van der Waals surface area contributed by atoms with E-state index in [1.165, 1.54) is 13.1 Å². The Morgan fingerprint density at radius 3 is 2.47 bits per heavy atom. The molecule has 4 heteroatoms. The summed E-state index contributed by atoms with van der Waals surface area (Å²) >= 11 is 0. The SMILES string of the molecule is CC(CC#N)N1CCN(C2CNC2)CC1. The van der Waals surface area contributed by atoms with Gasteiger partial charge < -0.3 is 5.32 Å². The van der Waals surface area contributed by atoms with E-state index in [0.717, 1.165) is 32.2 Å². The van der Waals surface area contributed by atoms with E-state index in [0.29, 0.717) is 12.5 Å². The highest BCUT2D eigenvalue weighted by Crippen LogP contribution is 2.12. The summed E-state index contributed by atoms with van der Waals surface area (Å²) in [5.74, 6) is 0. The molecule has 2 rings (SSSR count). The minimum atomic E-state index is 0.427. The third-order valence-corrected chi connectivity index (χ3v) is 3.64. The van der Waals surface area contributed by atoms with Crippen LogP contribution in [0.2, 0.25) is 0 Å². The van der Waals surface area contributed by atoms with Crippen molar-refractivity contribution in [2.24, 2.45) is 0 Å². The minimum absolute atomic E-state index is 0.427. The zero-order chi connectivity index (χ0) is 10.7. The van der Waals surface area contributed by atoms with Gasteiger partial charge in [0, 0.05) is 51.4 Å². The Morgan fingerprint density at radius 1 is 1.33 bits per heavy atom. The van der Waals surface area contributed by atoms with E-state index in [2.05, 4.69) is 28.1 Å². The first-order chi connectivity index (χ1) is 7.31. The minimum Gasteiger partial charge on any atom is -0.314 e. The summed E-state index contributed by atoms with van der Waals surface area (Å²) < 4.78 is 0. The molecule has 0 aromatic rings. The lowest BCUT2D eigenvalue weighted by atomic mass is 10.1. The van der Waals surface area contributed by atoms with Crippen LogP contribution in [0.25, 0.3) is 0 Å². The molecule has 0 aromatic heterocycles. The molecule has 15 heavy (non-hydrogen) atoms. The molecule has 4 nitrogen and oxygen atoms in total. The second kappa shape index (κ2) is 4.93. The van der Waals surface area contributed by atoms with Crippen LogP contribution in [0.3, 0.4) is 0 Å². The van der Waals surface area contributed by atoms with E-state index in [9.17, 15) is 0 Å². The predicted molar refractivity (Wildman–Crippen MR) is 59.5 cm³/mol. The van der Waals surface area contributed by atoms with E-state index in [1.54, 1.807) is 0 Å². The molecule has 0 aromatic carbocycles. The molecule has 0 aliphatic carbocycles. The summed E-state index contributed by atoms with van der Waals surface area (Å²) in [6.45, 7) is 9.06. The van der Waals surface area contributed by atoms with Crippen molar-refractivity contribution >= 4 is 0 Å². The van der Waals surface area contributed by atoms with Crippen LogP contribution in [0.5, 0.6) is 0 Å². The lowest BCUT2D eigenvalue weighted by molar-refractivity contribution is 0.0563. The summed E-state index contributed by atoms with van der Waals surface area (Å²) in [5, 5.41) is 12.0. The van der Waals surface area contributed by atoms with Crippen molar-refractivity contribution < 1.29 is 0 Å². The third-order valence-electron chi connectivity index (χ3n) is 3.64. The van der Waals surface area contributed by atoms with Crippen molar-refractivity contribution in [3.63, 3.8) is 0 Å². The first-order valence-electron chi connectivity index (χ1n) is 5.87. The Balaban J connectivity index is 1.74. The fourth-order valence-electron chi connectivity index (χ4n) is 2.34. The molecule has 0 radical (unpaired) electrons. The number of rotatable bonds is 3. The monoisotopic (exact) mass is 208 g/mol. The Morgan fingerprint density at radius 2 is 2.00 bits per heavy atom. The molecule has 0 spiro atoms. The quantitative estimate of drug-likeness (QED) is 0.702. The molecule has 2 fully saturated rings. The van der Waals surface area contributed by atoms with Gasteiger partial charge in [-0.05, 0) is 6.92 Å². The van der Waals surface area contributed by atoms with Gasteiger partial charge in [-0.3, -0.25) is 9.80 Å². The van der Waals surface area contributed by atoms with E-state index in [4.69, 9.17) is 5.26 Å². The van der Waals surface area contributed by atoms with Crippen LogP contribution in [-0.4, -0.2) is 61.2 Å². The van der Waals surface area contributed by atoms with Gasteiger partial charge in [-0.1, -0.05) is 0 Å². The van der Waals surface area contributed by atoms with Gasteiger partial charge in [0.25, 0.3) is 0 Å². The van der Waals surface area contributed by atoms with Gasteiger partial charge in [0.1, 0.15) is 0 Å². The van der Waals surface area contributed by atoms with Gasteiger partial charge in [-0.25, -0.2) is 0 Å². The number of hydrogen-bond acceptors (Lipinski definition) is 4. The van der Waals surface area contributed by atoms with E-state index < -0.39 is 0 Å². The molecule has 84 valence electrons. The summed E-state index contributed by atoms with van der Waals surface area (Å²) in [6, 6.07) is 3.46. The number of nitriles is 1. The zero-order valence-electron chi connectivity index (χ0n) is 9.45. The molecule has 2 aliphatic rings. The highest BCUT2D eigenvalue weighted by Gasteiger charge is 2.28. The van der Waals surface area contributed by atoms with Crippen LogP contribution in [0.4, 0.5) is 0 Å². The van der Waals surface area contributed by atoms with Crippen molar-refractivity contribution in [1.29, 1.82) is 5.26 Å². The second-order valence-electron chi connectivity index (χ2n) is 4.60. The summed E-state index contributed by atoms with van der Waals surface area (Å²) in [7, 11) is 0. The summed E-state index contributed by atoms with van der Waals surface area (Å²) in [6.07, 6.45) is 0.658. The van der Waals surface area contributed by atoms with Crippen molar-refractivity contribution in [2.75, 3.05) is 39.3 Å². The summed E-state index contributed by atoms with van der Waals surface area (Å²) in [4.78, 5) is 5.01. The molecule has 1 unspecified atom stereocenters. The number of nitrogens with zero attached hydrogens (tertiary/aromatic N) is 3. The Bertz CT molecular complexity index is 235. The maximum absolute atomic E-state index is 8.66. The van der Waals surface area contributed by atoms with Crippen LogP contribution in [0.1, 0.15) is 13.3 Å². The Labute approximate surface area is 91.8 Å². The topological polar surface area (TPSA) is 42.3 Å². The first kappa shape index (κ1) is 10.9. The fraction of sp³-hybridized carbons (Fsp3) is 0.909. The van der Waals surface area contributed by atoms with Crippen LogP contribution < -0.4 is 5.32 Å². The van der Waals surface area contributed by atoms with Gasteiger partial charge in [-0.2, -0.15) is 5.26 Å². The first-order valence-corrected chi connectivity index (χ1v) is 5.87. The van der Waals surface area contributed by atoms with Crippen LogP contribution in [0.15, 0.2) is 0 Å². The molecule has 2 saturated heterocycles. The molecule has 2 heterocycles. The van der Waals surface area contributed by atoms with E-state index in [-0.39, 0.29) is 0 Å². The predicted octanol–water partition coefficient (Wildman–Crippen LogP) is -0.122. The number of hydrogen-bond donors (Lipinski definition) is 1. The molecule has 2 aliphatic heterocycles. The highest BCUT2D eigenvalue weighted by molar-refractivity contribution is 4.89. The fourth-order valence-corrected chi connectivity index (χ4v) is 2.34. The maximum atomic E-state index is 8.66. The third kappa shape index (κ3) is 2.49. The zero-order valence-corrected chi connectivity index (χ0v) is 9.45. The summed E-state index contributed by atoms with van der Waals surface area (Å²) in [5.41, 5.74) is 0. The average Bonchev–Trinajstić information content (AvgIpc) is 2.16. The molecular weight excluding hydrogens is 188 g/mol. The largest absolute Gasteiger partial charge is 0.314 e. The Hall–Kier alpha value is -0.630. The lowest BCUT2D eigenvalue weighted by Gasteiger charge is -2.44. The van der Waals surface area contributed by atoms with Gasteiger partial charge in [0.15, 0.2) is 0 Å². The number of piperazine rings is 1.